The van der Waals surface area contributed by atoms with Crippen LogP contribution in [0.25, 0.3) is 10.8 Å². The summed E-state index contributed by atoms with van der Waals surface area (Å²) in [6, 6.07) is 20.2. The summed E-state index contributed by atoms with van der Waals surface area (Å²) in [6.45, 7) is 5.33. The van der Waals surface area contributed by atoms with Crippen LogP contribution in [0.15, 0.2) is 95.5 Å². The van der Waals surface area contributed by atoms with Crippen LogP contribution in [0.5, 0.6) is 0 Å². The molecule has 2 saturated heterocycles. The number of hydrogen-bond acceptors (Lipinski definition) is 7. The highest BCUT2D eigenvalue weighted by molar-refractivity contribution is 9.11. The number of allylic oxidation sites excluding steroid dienone is 1. The Kier molecular flexibility index (Phi) is 9.64. The molecule has 51 heavy (non-hydrogen) atoms. The summed E-state index contributed by atoms with van der Waals surface area (Å²) in [7, 11) is 0. The number of cyclic esters (lactones) is 1. The number of likely N-dealkylation sites (tertiary alicyclic amines) is 1. The molecule has 3 aromatic carbocycles. The Morgan fingerprint density at radius 1 is 0.941 bits per heavy atom. The standard InChI is InChI=1S/C40H42BrN3O7/c1-23(2)30(22-45)44-36-38(48)43(28-18-17-25-12-9-10-15-27(25)20-28)19-11-5-8-16-31(46)42-24(3)34(26-13-6-4-7-14-26)50-39(49)32-33(37(44)47)40(36)21-29(41)35(32)51-40/h4-7,9-15,17-18,20-21,23-24,30,32-36,45H,8,16,19,22H2,1-3H3,(H,42,46)/b11-5-/t24-,30+,32+,33-,34+,35+,36+,40-/m1/s1. The number of fused-ring (bicyclic) bond motifs is 3. The predicted molar refractivity (Wildman–Crippen MR) is 195 cm³/mol. The summed E-state index contributed by atoms with van der Waals surface area (Å²) in [5, 5.41) is 15.7. The molecule has 11 heteroatoms. The first-order valence-corrected chi connectivity index (χ1v) is 18.3. The number of anilines is 1. The number of esters is 1. The van der Waals surface area contributed by atoms with E-state index in [0.29, 0.717) is 22.2 Å². The second-order valence-electron chi connectivity index (χ2n) is 14.2. The zero-order valence-electron chi connectivity index (χ0n) is 28.8. The van der Waals surface area contributed by atoms with Gasteiger partial charge in [-0.1, -0.05) is 103 Å². The molecule has 3 amide bonds. The van der Waals surface area contributed by atoms with Crippen LogP contribution in [-0.2, 0) is 28.7 Å². The zero-order valence-corrected chi connectivity index (χ0v) is 30.4. The van der Waals surface area contributed by atoms with Crippen molar-refractivity contribution in [1.29, 1.82) is 0 Å². The zero-order chi connectivity index (χ0) is 36.0. The van der Waals surface area contributed by atoms with Crippen molar-refractivity contribution >= 4 is 56.1 Å². The molecule has 7 rings (SSSR count). The third-order valence-electron chi connectivity index (χ3n) is 10.7. The van der Waals surface area contributed by atoms with Crippen molar-refractivity contribution in [3.63, 3.8) is 0 Å². The maximum Gasteiger partial charge on any atom is 0.313 e. The average molecular weight is 757 g/mol. The van der Waals surface area contributed by atoms with Crippen molar-refractivity contribution in [2.45, 2.75) is 69.5 Å². The van der Waals surface area contributed by atoms with Gasteiger partial charge < -0.3 is 29.7 Å². The van der Waals surface area contributed by atoms with Gasteiger partial charge in [-0.3, -0.25) is 19.2 Å². The van der Waals surface area contributed by atoms with E-state index in [4.69, 9.17) is 9.47 Å². The van der Waals surface area contributed by atoms with Crippen molar-refractivity contribution < 1.29 is 33.8 Å². The number of nitrogens with one attached hydrogen (secondary N) is 1. The minimum Gasteiger partial charge on any atom is -0.455 e. The van der Waals surface area contributed by atoms with Crippen molar-refractivity contribution in [3.8, 4) is 0 Å². The van der Waals surface area contributed by atoms with Gasteiger partial charge in [-0.15, -0.1) is 0 Å². The average Bonchev–Trinajstić information content (AvgIpc) is 3.71. The highest BCUT2D eigenvalue weighted by Crippen LogP contribution is 2.59. The van der Waals surface area contributed by atoms with Gasteiger partial charge in [-0.25, -0.2) is 0 Å². The van der Waals surface area contributed by atoms with Crippen LogP contribution >= 0.6 is 15.9 Å². The number of aliphatic hydroxyl groups is 1. The van der Waals surface area contributed by atoms with E-state index >= 15 is 4.79 Å². The fourth-order valence-corrected chi connectivity index (χ4v) is 8.95. The number of aliphatic hydroxyl groups excluding tert-OH is 1. The van der Waals surface area contributed by atoms with Gasteiger partial charge in [0.1, 0.15) is 29.8 Å². The lowest BCUT2D eigenvalue weighted by Crippen LogP contribution is -2.59. The number of ether oxygens (including phenoxy) is 2. The molecule has 0 radical (unpaired) electrons. The molecule has 4 aliphatic rings. The molecular weight excluding hydrogens is 714 g/mol. The van der Waals surface area contributed by atoms with E-state index in [2.05, 4.69) is 21.2 Å². The van der Waals surface area contributed by atoms with Gasteiger partial charge in [0.2, 0.25) is 11.8 Å². The number of hydrogen-bond donors (Lipinski definition) is 2. The SMILES string of the molecule is CC(C)[C@H](CO)N1C(=O)[C@H]2[C@@H]3C(=O)O[C@H](c4ccccc4)[C@@H](C)NC(=O)CC/C=C\CN(c4ccc5ccccc5c4)C(=O)[C@H]1[C@@]21C=C(Br)[C@@H]3O1. The molecule has 4 heterocycles. The smallest absolute Gasteiger partial charge is 0.313 e. The van der Waals surface area contributed by atoms with E-state index in [1.807, 2.05) is 98.8 Å². The molecule has 3 aromatic rings. The molecule has 8 atom stereocenters. The molecule has 5 bridgehead atoms. The molecule has 0 unspecified atom stereocenters. The van der Waals surface area contributed by atoms with Crippen LogP contribution in [0.4, 0.5) is 5.69 Å². The lowest BCUT2D eigenvalue weighted by atomic mass is 9.74. The summed E-state index contributed by atoms with van der Waals surface area (Å²) < 4.78 is 13.5. The highest BCUT2D eigenvalue weighted by Gasteiger charge is 2.75. The number of amides is 3. The van der Waals surface area contributed by atoms with Crippen LogP contribution in [0.2, 0.25) is 0 Å². The molecular formula is C40H42BrN3O7. The third-order valence-corrected chi connectivity index (χ3v) is 11.4. The number of nitrogens with zero attached hydrogens (tertiary/aromatic N) is 2. The molecule has 10 nitrogen and oxygen atoms in total. The van der Waals surface area contributed by atoms with Crippen LogP contribution in [-0.4, -0.2) is 76.7 Å². The maximum absolute atomic E-state index is 15.3. The number of halogens is 1. The van der Waals surface area contributed by atoms with Crippen molar-refractivity contribution in [2.75, 3.05) is 18.1 Å². The summed E-state index contributed by atoms with van der Waals surface area (Å²) in [6.07, 6.45) is 4.36. The highest BCUT2D eigenvalue weighted by atomic mass is 79.9. The molecule has 2 N–H and O–H groups in total. The Morgan fingerprint density at radius 3 is 2.39 bits per heavy atom. The van der Waals surface area contributed by atoms with Gasteiger partial charge in [-0.2, -0.15) is 0 Å². The van der Waals surface area contributed by atoms with Crippen molar-refractivity contribution in [3.05, 3.63) is 101 Å². The fourth-order valence-electron chi connectivity index (χ4n) is 8.22. The molecule has 0 aromatic heterocycles. The van der Waals surface area contributed by atoms with Gasteiger partial charge >= 0.3 is 5.97 Å². The normalized spacial score (nSPS) is 31.1. The Hall–Kier alpha value is -4.32. The van der Waals surface area contributed by atoms with Crippen molar-refractivity contribution in [1.82, 2.24) is 10.2 Å². The van der Waals surface area contributed by atoms with Crippen LogP contribution in [0, 0.1) is 17.8 Å². The third kappa shape index (κ3) is 6.08. The molecule has 266 valence electrons. The minimum atomic E-state index is -1.52. The molecule has 0 aliphatic carbocycles. The van der Waals surface area contributed by atoms with Crippen LogP contribution in [0.3, 0.4) is 0 Å². The monoisotopic (exact) mass is 755 g/mol. The number of carbonyl (C=O) groups is 4. The fraction of sp³-hybridized carbons (Fsp3) is 0.400. The Balaban J connectivity index is 1.38. The predicted octanol–water partition coefficient (Wildman–Crippen LogP) is 5.20. The summed E-state index contributed by atoms with van der Waals surface area (Å²) in [5.41, 5.74) is -0.218. The summed E-state index contributed by atoms with van der Waals surface area (Å²) in [5.74, 6) is -4.15. The van der Waals surface area contributed by atoms with Gasteiger partial charge in [0.25, 0.3) is 5.91 Å². The molecule has 2 fully saturated rings. The van der Waals surface area contributed by atoms with Gasteiger partial charge in [0, 0.05) is 23.1 Å². The van der Waals surface area contributed by atoms with Crippen molar-refractivity contribution in [2.24, 2.45) is 17.8 Å². The van der Waals surface area contributed by atoms with E-state index in [1.165, 1.54) is 4.90 Å². The van der Waals surface area contributed by atoms with E-state index in [9.17, 15) is 19.5 Å². The maximum atomic E-state index is 15.3. The Labute approximate surface area is 305 Å². The van der Waals surface area contributed by atoms with E-state index in [-0.39, 0.29) is 31.4 Å². The first-order chi connectivity index (χ1) is 24.6. The lowest BCUT2D eigenvalue weighted by Gasteiger charge is -2.40. The topological polar surface area (TPSA) is 125 Å². The van der Waals surface area contributed by atoms with Crippen LogP contribution in [0.1, 0.15) is 45.3 Å². The molecule has 0 saturated carbocycles. The second-order valence-corrected chi connectivity index (χ2v) is 15.1. The lowest BCUT2D eigenvalue weighted by molar-refractivity contribution is -0.162. The van der Waals surface area contributed by atoms with E-state index < -0.39 is 65.6 Å². The summed E-state index contributed by atoms with van der Waals surface area (Å²) >= 11 is 3.62. The largest absolute Gasteiger partial charge is 0.455 e. The summed E-state index contributed by atoms with van der Waals surface area (Å²) in [4.78, 5) is 60.8. The second kappa shape index (κ2) is 14.0. The van der Waals surface area contributed by atoms with Gasteiger partial charge in [0.15, 0.2) is 0 Å². The number of rotatable bonds is 5. The van der Waals surface area contributed by atoms with E-state index in [1.54, 1.807) is 17.9 Å². The van der Waals surface area contributed by atoms with Gasteiger partial charge in [-0.05, 0) is 53.8 Å². The van der Waals surface area contributed by atoms with E-state index in [0.717, 1.165) is 10.8 Å². The quantitative estimate of drug-likeness (QED) is 0.271. The van der Waals surface area contributed by atoms with Gasteiger partial charge in [0.05, 0.1) is 24.6 Å². The molecule has 1 spiro atoms. The Bertz CT molecular complexity index is 1910. The minimum absolute atomic E-state index is 0.149. The first kappa shape index (κ1) is 35.1. The van der Waals surface area contributed by atoms with Crippen LogP contribution < -0.4 is 10.2 Å². The number of carbonyl (C=O) groups excluding carboxylic acids is 4. The Morgan fingerprint density at radius 2 is 1.67 bits per heavy atom. The molecule has 4 aliphatic heterocycles. The number of benzene rings is 3. The first-order valence-electron chi connectivity index (χ1n) is 17.5.